The van der Waals surface area contributed by atoms with Crippen LogP contribution in [0.1, 0.15) is 0 Å². The van der Waals surface area contributed by atoms with E-state index in [4.69, 9.17) is 5.73 Å². The van der Waals surface area contributed by atoms with Gasteiger partial charge in [0.15, 0.2) is 11.6 Å². The zero-order valence-corrected chi connectivity index (χ0v) is 7.98. The summed E-state index contributed by atoms with van der Waals surface area (Å²) in [5.41, 5.74) is 5.97. The van der Waals surface area contributed by atoms with Crippen molar-refractivity contribution >= 4 is 17.5 Å². The highest BCUT2D eigenvalue weighted by Gasteiger charge is 2.06. The molecule has 0 radical (unpaired) electrons. The van der Waals surface area contributed by atoms with Crippen molar-refractivity contribution < 1.29 is 4.39 Å². The summed E-state index contributed by atoms with van der Waals surface area (Å²) in [4.78, 5) is 7.24. The maximum atomic E-state index is 13.2. The number of hydrogen-bond donors (Lipinski definition) is 2. The first-order valence-corrected chi connectivity index (χ1v) is 4.19. The van der Waals surface area contributed by atoms with Gasteiger partial charge in [0.05, 0.1) is 18.1 Å². The first kappa shape index (κ1) is 9.38. The first-order chi connectivity index (χ1) is 7.15. The molecule has 0 amide bonds. The molecule has 0 aliphatic carbocycles. The second kappa shape index (κ2) is 3.52. The van der Waals surface area contributed by atoms with Crippen LogP contribution in [0.3, 0.4) is 0 Å². The van der Waals surface area contributed by atoms with Crippen LogP contribution in [0.2, 0.25) is 0 Å². The van der Waals surface area contributed by atoms with Crippen LogP contribution >= 0.6 is 0 Å². The lowest BCUT2D eigenvalue weighted by Crippen LogP contribution is -2.02. The minimum Gasteiger partial charge on any atom is -0.368 e. The van der Waals surface area contributed by atoms with E-state index < -0.39 is 5.82 Å². The van der Waals surface area contributed by atoms with Crippen LogP contribution in [0, 0.1) is 5.82 Å². The molecule has 2 heterocycles. The molecule has 0 saturated heterocycles. The molecule has 0 aliphatic heterocycles. The van der Waals surface area contributed by atoms with Crippen molar-refractivity contribution in [1.82, 2.24) is 19.7 Å². The Bertz CT molecular complexity index is 480. The number of rotatable bonds is 2. The molecule has 0 aliphatic rings. The van der Waals surface area contributed by atoms with Gasteiger partial charge in [0.2, 0.25) is 5.95 Å². The van der Waals surface area contributed by atoms with Crippen LogP contribution in [0.25, 0.3) is 0 Å². The van der Waals surface area contributed by atoms with Crippen molar-refractivity contribution in [2.75, 3.05) is 11.1 Å². The van der Waals surface area contributed by atoms with E-state index in [1.807, 2.05) is 0 Å². The quantitative estimate of drug-likeness (QED) is 0.758. The maximum absolute atomic E-state index is 13.2. The lowest BCUT2D eigenvalue weighted by molar-refractivity contribution is 0.620. The molecule has 0 spiro atoms. The summed E-state index contributed by atoms with van der Waals surface area (Å²) < 4.78 is 14.8. The third kappa shape index (κ3) is 2.01. The van der Waals surface area contributed by atoms with Crippen LogP contribution in [0.5, 0.6) is 0 Å². The van der Waals surface area contributed by atoms with Gasteiger partial charge >= 0.3 is 0 Å². The van der Waals surface area contributed by atoms with E-state index in [-0.39, 0.29) is 11.8 Å². The third-order valence-electron chi connectivity index (χ3n) is 1.73. The van der Waals surface area contributed by atoms with E-state index in [1.165, 1.54) is 0 Å². The fraction of sp³-hybridized carbons (Fsp3) is 0.125. The summed E-state index contributed by atoms with van der Waals surface area (Å²) in [6.07, 6.45) is 4.26. The molecule has 0 aromatic carbocycles. The van der Waals surface area contributed by atoms with E-state index in [2.05, 4.69) is 20.4 Å². The number of nitrogens with zero attached hydrogens (tertiary/aromatic N) is 4. The predicted octanol–water partition coefficient (Wildman–Crippen LogP) is 0.675. The Kier molecular flexibility index (Phi) is 2.20. The summed E-state index contributed by atoms with van der Waals surface area (Å²) in [6.45, 7) is 0. The van der Waals surface area contributed by atoms with Gasteiger partial charge in [0, 0.05) is 13.2 Å². The number of hydrogen-bond acceptors (Lipinski definition) is 5. The molecule has 78 valence electrons. The number of anilines is 3. The number of nitrogens with one attached hydrogen (secondary N) is 1. The van der Waals surface area contributed by atoms with Gasteiger partial charge in [-0.05, 0) is 0 Å². The van der Waals surface area contributed by atoms with E-state index in [9.17, 15) is 4.39 Å². The summed E-state index contributed by atoms with van der Waals surface area (Å²) in [7, 11) is 1.76. The first-order valence-electron chi connectivity index (χ1n) is 4.19. The normalized spacial score (nSPS) is 10.3. The fourth-order valence-corrected chi connectivity index (χ4v) is 1.09. The highest BCUT2D eigenvalue weighted by atomic mass is 19.1. The van der Waals surface area contributed by atoms with Crippen molar-refractivity contribution in [3.05, 3.63) is 24.4 Å². The lowest BCUT2D eigenvalue weighted by atomic mass is 10.5. The molecule has 0 bridgehead atoms. The third-order valence-corrected chi connectivity index (χ3v) is 1.73. The topological polar surface area (TPSA) is 81.7 Å². The Morgan fingerprint density at radius 3 is 2.93 bits per heavy atom. The molecule has 0 saturated carbocycles. The number of aromatic nitrogens is 4. The minimum absolute atomic E-state index is 0.0165. The average molecular weight is 208 g/mol. The molecule has 2 aromatic rings. The second-order valence-corrected chi connectivity index (χ2v) is 2.95. The van der Waals surface area contributed by atoms with Crippen LogP contribution in [0.4, 0.5) is 21.8 Å². The predicted molar refractivity (Wildman–Crippen MR) is 52.9 cm³/mol. The standard InChI is InChI=1S/C8H9FN6/c1-15-4-5(2-12-15)13-7-6(9)3-11-8(10)14-7/h2-4H,1H3,(H3,10,11,13,14). The van der Waals surface area contributed by atoms with E-state index in [1.54, 1.807) is 24.1 Å². The molecule has 0 unspecified atom stereocenters. The molecule has 0 atom stereocenters. The smallest absolute Gasteiger partial charge is 0.222 e. The van der Waals surface area contributed by atoms with Crippen LogP contribution in [-0.4, -0.2) is 19.7 Å². The highest BCUT2D eigenvalue weighted by molar-refractivity contribution is 5.55. The fourth-order valence-electron chi connectivity index (χ4n) is 1.09. The van der Waals surface area contributed by atoms with Gasteiger partial charge < -0.3 is 11.1 Å². The molecule has 15 heavy (non-hydrogen) atoms. The van der Waals surface area contributed by atoms with Crippen molar-refractivity contribution in [2.24, 2.45) is 7.05 Å². The Balaban J connectivity index is 2.27. The van der Waals surface area contributed by atoms with Gasteiger partial charge in [-0.2, -0.15) is 10.1 Å². The van der Waals surface area contributed by atoms with Crippen molar-refractivity contribution in [3.8, 4) is 0 Å². The molecular weight excluding hydrogens is 199 g/mol. The minimum atomic E-state index is -0.562. The highest BCUT2D eigenvalue weighted by Crippen LogP contribution is 2.16. The van der Waals surface area contributed by atoms with Crippen LogP contribution in [-0.2, 0) is 7.05 Å². The van der Waals surface area contributed by atoms with E-state index in [0.717, 1.165) is 6.20 Å². The van der Waals surface area contributed by atoms with Gasteiger partial charge in [-0.25, -0.2) is 9.37 Å². The Labute approximate surface area is 85.0 Å². The average Bonchev–Trinajstić information content (AvgIpc) is 2.58. The summed E-state index contributed by atoms with van der Waals surface area (Å²) >= 11 is 0. The Morgan fingerprint density at radius 1 is 1.47 bits per heavy atom. The largest absolute Gasteiger partial charge is 0.368 e. The lowest BCUT2D eigenvalue weighted by Gasteiger charge is -2.03. The molecule has 0 fully saturated rings. The molecule has 3 N–H and O–H groups in total. The molecule has 2 aromatic heterocycles. The number of halogens is 1. The summed E-state index contributed by atoms with van der Waals surface area (Å²) in [5.74, 6) is -0.508. The Hall–Kier alpha value is -2.18. The van der Waals surface area contributed by atoms with Crippen molar-refractivity contribution in [2.45, 2.75) is 0 Å². The molecule has 6 nitrogen and oxygen atoms in total. The maximum Gasteiger partial charge on any atom is 0.222 e. The second-order valence-electron chi connectivity index (χ2n) is 2.95. The zero-order valence-electron chi connectivity index (χ0n) is 7.98. The number of nitrogen functional groups attached to an aromatic ring is 1. The molecule has 2 rings (SSSR count). The van der Waals surface area contributed by atoms with Gasteiger partial charge in [-0.15, -0.1) is 0 Å². The number of aryl methyl sites for hydroxylation is 1. The van der Waals surface area contributed by atoms with Gasteiger partial charge in [-0.3, -0.25) is 4.68 Å². The molecular formula is C8H9FN6. The SMILES string of the molecule is Cn1cc(Nc2nc(N)ncc2F)cn1. The molecule has 7 heteroatoms. The van der Waals surface area contributed by atoms with Gasteiger partial charge in [0.1, 0.15) is 0 Å². The number of nitrogens with two attached hydrogens (primary N) is 1. The monoisotopic (exact) mass is 208 g/mol. The van der Waals surface area contributed by atoms with Crippen molar-refractivity contribution in [1.29, 1.82) is 0 Å². The van der Waals surface area contributed by atoms with E-state index >= 15 is 0 Å². The van der Waals surface area contributed by atoms with Crippen molar-refractivity contribution in [3.63, 3.8) is 0 Å². The van der Waals surface area contributed by atoms with Gasteiger partial charge in [0.25, 0.3) is 0 Å². The van der Waals surface area contributed by atoms with Gasteiger partial charge in [-0.1, -0.05) is 0 Å². The Morgan fingerprint density at radius 2 is 2.27 bits per heavy atom. The summed E-state index contributed by atoms with van der Waals surface area (Å²) in [5, 5.41) is 6.67. The zero-order chi connectivity index (χ0) is 10.8. The van der Waals surface area contributed by atoms with Crippen LogP contribution < -0.4 is 11.1 Å². The summed E-state index contributed by atoms with van der Waals surface area (Å²) in [6, 6.07) is 0. The van der Waals surface area contributed by atoms with E-state index in [0.29, 0.717) is 5.69 Å². The van der Waals surface area contributed by atoms with Crippen LogP contribution in [0.15, 0.2) is 18.6 Å².